The molecule has 94 valence electrons. The Bertz CT molecular complexity index is 733. The summed E-state index contributed by atoms with van der Waals surface area (Å²) in [5.41, 5.74) is 4.05. The highest BCUT2D eigenvalue weighted by Gasteiger charge is 2.07. The predicted octanol–water partition coefficient (Wildman–Crippen LogP) is 2.05. The first-order valence-corrected chi connectivity index (χ1v) is 6.30. The smallest absolute Gasteiger partial charge is 0.267 e. The summed E-state index contributed by atoms with van der Waals surface area (Å²) in [7, 11) is 0. The molecule has 0 radical (unpaired) electrons. The molecule has 3 rings (SSSR count). The lowest BCUT2D eigenvalue weighted by atomic mass is 10.2. The molecule has 7 heteroatoms. The molecule has 6 nitrogen and oxygen atoms in total. The Morgan fingerprint density at radius 3 is 3.05 bits per heavy atom. The van der Waals surface area contributed by atoms with Gasteiger partial charge in [-0.3, -0.25) is 4.79 Å². The van der Waals surface area contributed by atoms with Gasteiger partial charge in [0, 0.05) is 10.4 Å². The molecule has 0 aliphatic rings. The van der Waals surface area contributed by atoms with Crippen LogP contribution in [-0.2, 0) is 0 Å². The SMILES string of the molecule is O=C(N/N=C/c1cccs1)c1ccc2nonc2c1. The van der Waals surface area contributed by atoms with Crippen LogP contribution in [0, 0.1) is 0 Å². The molecule has 2 aromatic heterocycles. The molecule has 3 aromatic rings. The number of fused-ring (bicyclic) bond motifs is 1. The number of carbonyl (C=O) groups excluding carboxylic acids is 1. The summed E-state index contributed by atoms with van der Waals surface area (Å²) in [4.78, 5) is 12.8. The van der Waals surface area contributed by atoms with Crippen LogP contribution < -0.4 is 5.43 Å². The van der Waals surface area contributed by atoms with Crippen LogP contribution in [0.3, 0.4) is 0 Å². The van der Waals surface area contributed by atoms with Gasteiger partial charge < -0.3 is 0 Å². The largest absolute Gasteiger partial charge is 0.271 e. The first kappa shape index (κ1) is 11.5. The third-order valence-electron chi connectivity index (χ3n) is 2.42. The molecule has 0 unspecified atom stereocenters. The predicted molar refractivity (Wildman–Crippen MR) is 71.2 cm³/mol. The molecule has 19 heavy (non-hydrogen) atoms. The molecule has 0 fully saturated rings. The molecule has 0 atom stereocenters. The van der Waals surface area contributed by atoms with E-state index >= 15 is 0 Å². The molecule has 0 aliphatic carbocycles. The van der Waals surface area contributed by atoms with Gasteiger partial charge in [0.25, 0.3) is 5.91 Å². The van der Waals surface area contributed by atoms with Crippen molar-refractivity contribution in [3.8, 4) is 0 Å². The Morgan fingerprint density at radius 1 is 1.32 bits per heavy atom. The number of nitrogens with one attached hydrogen (secondary N) is 1. The van der Waals surface area contributed by atoms with E-state index in [9.17, 15) is 4.79 Å². The lowest BCUT2D eigenvalue weighted by Gasteiger charge is -1.98. The number of rotatable bonds is 3. The number of aromatic nitrogens is 2. The summed E-state index contributed by atoms with van der Waals surface area (Å²) in [6.45, 7) is 0. The number of hydrogen-bond donors (Lipinski definition) is 1. The third-order valence-corrected chi connectivity index (χ3v) is 3.22. The lowest BCUT2D eigenvalue weighted by Crippen LogP contribution is -2.17. The molecule has 0 bridgehead atoms. The highest BCUT2D eigenvalue weighted by molar-refractivity contribution is 7.11. The molecular formula is C12H8N4O2S. The molecule has 0 spiro atoms. The minimum atomic E-state index is -0.308. The van der Waals surface area contributed by atoms with Gasteiger partial charge in [0.1, 0.15) is 11.0 Å². The number of hydrazone groups is 1. The maximum absolute atomic E-state index is 11.8. The van der Waals surface area contributed by atoms with Crippen LogP contribution in [-0.4, -0.2) is 22.4 Å². The molecule has 0 saturated carbocycles. The Balaban J connectivity index is 1.72. The zero-order valence-electron chi connectivity index (χ0n) is 9.61. The molecule has 1 N–H and O–H groups in total. The normalized spacial score (nSPS) is 11.2. The van der Waals surface area contributed by atoms with E-state index in [4.69, 9.17) is 0 Å². The standard InChI is InChI=1S/C12H8N4O2S/c17-12(14-13-7-9-2-1-5-19-9)8-3-4-10-11(6-8)16-18-15-10/h1-7H,(H,14,17)/b13-7+. The fourth-order valence-electron chi connectivity index (χ4n) is 1.51. The van der Waals surface area contributed by atoms with Crippen LogP contribution in [0.5, 0.6) is 0 Å². The summed E-state index contributed by atoms with van der Waals surface area (Å²) in [6.07, 6.45) is 1.60. The summed E-state index contributed by atoms with van der Waals surface area (Å²) in [6, 6.07) is 8.74. The van der Waals surface area contributed by atoms with Gasteiger partial charge in [0.2, 0.25) is 0 Å². The van der Waals surface area contributed by atoms with Crippen molar-refractivity contribution < 1.29 is 9.42 Å². The van der Waals surface area contributed by atoms with Crippen LogP contribution in [0.2, 0.25) is 0 Å². The van der Waals surface area contributed by atoms with E-state index in [0.29, 0.717) is 16.6 Å². The zero-order valence-corrected chi connectivity index (χ0v) is 10.4. The molecule has 2 heterocycles. The highest BCUT2D eigenvalue weighted by atomic mass is 32.1. The topological polar surface area (TPSA) is 80.4 Å². The van der Waals surface area contributed by atoms with E-state index in [1.807, 2.05) is 17.5 Å². The molecule has 0 saturated heterocycles. The van der Waals surface area contributed by atoms with E-state index in [-0.39, 0.29) is 5.91 Å². The number of carbonyl (C=O) groups is 1. The Kier molecular flexibility index (Phi) is 3.03. The van der Waals surface area contributed by atoms with Crippen molar-refractivity contribution in [3.63, 3.8) is 0 Å². The number of amides is 1. The maximum atomic E-state index is 11.8. The fourth-order valence-corrected chi connectivity index (χ4v) is 2.09. The van der Waals surface area contributed by atoms with Crippen molar-refractivity contribution in [2.45, 2.75) is 0 Å². The van der Waals surface area contributed by atoms with Crippen molar-refractivity contribution in [2.24, 2.45) is 5.10 Å². The summed E-state index contributed by atoms with van der Waals surface area (Å²) < 4.78 is 4.57. The monoisotopic (exact) mass is 272 g/mol. The molecular weight excluding hydrogens is 264 g/mol. The van der Waals surface area contributed by atoms with Gasteiger partial charge in [-0.25, -0.2) is 10.1 Å². The summed E-state index contributed by atoms with van der Waals surface area (Å²) in [5.74, 6) is -0.308. The number of thiophene rings is 1. The zero-order chi connectivity index (χ0) is 13.1. The average Bonchev–Trinajstić information content (AvgIpc) is 3.08. The quantitative estimate of drug-likeness (QED) is 0.584. The fraction of sp³-hybridized carbons (Fsp3) is 0. The van der Waals surface area contributed by atoms with Crippen LogP contribution in [0.25, 0.3) is 11.0 Å². The second-order valence-electron chi connectivity index (χ2n) is 3.68. The molecule has 1 amide bonds. The second kappa shape index (κ2) is 4.99. The van der Waals surface area contributed by atoms with Crippen LogP contribution in [0.1, 0.15) is 15.2 Å². The first-order valence-electron chi connectivity index (χ1n) is 5.42. The average molecular weight is 272 g/mol. The third kappa shape index (κ3) is 2.50. The van der Waals surface area contributed by atoms with Gasteiger partial charge in [0.05, 0.1) is 6.21 Å². The van der Waals surface area contributed by atoms with E-state index in [1.165, 1.54) is 0 Å². The van der Waals surface area contributed by atoms with E-state index in [0.717, 1.165) is 4.88 Å². The van der Waals surface area contributed by atoms with Crippen molar-refractivity contribution >= 4 is 34.5 Å². The van der Waals surface area contributed by atoms with Gasteiger partial charge in [-0.2, -0.15) is 5.10 Å². The number of hydrogen-bond acceptors (Lipinski definition) is 6. The Labute approximate surface area is 111 Å². The second-order valence-corrected chi connectivity index (χ2v) is 4.66. The summed E-state index contributed by atoms with van der Waals surface area (Å²) >= 11 is 1.54. The number of benzene rings is 1. The minimum absolute atomic E-state index is 0.308. The van der Waals surface area contributed by atoms with Gasteiger partial charge in [-0.1, -0.05) is 6.07 Å². The molecule has 1 aromatic carbocycles. The van der Waals surface area contributed by atoms with Gasteiger partial charge in [-0.05, 0) is 40.0 Å². The van der Waals surface area contributed by atoms with E-state index in [2.05, 4.69) is 25.5 Å². The number of nitrogens with zero attached hydrogens (tertiary/aromatic N) is 3. The van der Waals surface area contributed by atoms with Gasteiger partial charge in [0.15, 0.2) is 0 Å². The first-order chi connectivity index (χ1) is 9.33. The highest BCUT2D eigenvalue weighted by Crippen LogP contribution is 2.11. The Morgan fingerprint density at radius 2 is 2.21 bits per heavy atom. The van der Waals surface area contributed by atoms with Crippen molar-refractivity contribution in [2.75, 3.05) is 0 Å². The lowest BCUT2D eigenvalue weighted by molar-refractivity contribution is 0.0955. The van der Waals surface area contributed by atoms with Crippen molar-refractivity contribution in [3.05, 3.63) is 46.2 Å². The minimum Gasteiger partial charge on any atom is -0.267 e. The van der Waals surface area contributed by atoms with Crippen LogP contribution >= 0.6 is 11.3 Å². The van der Waals surface area contributed by atoms with E-state index < -0.39 is 0 Å². The van der Waals surface area contributed by atoms with E-state index in [1.54, 1.807) is 35.8 Å². The van der Waals surface area contributed by atoms with Crippen molar-refractivity contribution in [1.29, 1.82) is 0 Å². The van der Waals surface area contributed by atoms with Gasteiger partial charge in [-0.15, -0.1) is 11.3 Å². The summed E-state index contributed by atoms with van der Waals surface area (Å²) in [5, 5.41) is 13.2. The maximum Gasteiger partial charge on any atom is 0.271 e. The van der Waals surface area contributed by atoms with Crippen LogP contribution in [0.4, 0.5) is 0 Å². The van der Waals surface area contributed by atoms with Gasteiger partial charge >= 0.3 is 0 Å². The Hall–Kier alpha value is -2.54. The van der Waals surface area contributed by atoms with Crippen molar-refractivity contribution in [1.82, 2.24) is 15.7 Å². The molecule has 0 aliphatic heterocycles. The van der Waals surface area contributed by atoms with Crippen LogP contribution in [0.15, 0.2) is 45.4 Å².